The van der Waals surface area contributed by atoms with Crippen LogP contribution in [0.4, 0.5) is 5.82 Å². The number of piperidine rings is 1. The van der Waals surface area contributed by atoms with E-state index in [0.29, 0.717) is 0 Å². The zero-order valence-electron chi connectivity index (χ0n) is 15.9. The summed E-state index contributed by atoms with van der Waals surface area (Å²) in [5.41, 5.74) is 1.28. The van der Waals surface area contributed by atoms with E-state index in [1.165, 1.54) is 47.7 Å². The Balaban J connectivity index is 1.27. The van der Waals surface area contributed by atoms with E-state index in [4.69, 9.17) is 0 Å². The predicted octanol–water partition coefficient (Wildman–Crippen LogP) is 3.76. The summed E-state index contributed by atoms with van der Waals surface area (Å²) in [6.45, 7) is 11.4. The first-order valence-corrected chi connectivity index (χ1v) is 10.8. The number of rotatable bonds is 5. The molecular weight excluding hydrogens is 340 g/mol. The summed E-state index contributed by atoms with van der Waals surface area (Å²) < 4.78 is 0. The van der Waals surface area contributed by atoms with Crippen LogP contribution in [0.2, 0.25) is 0 Å². The number of nitrogens with zero attached hydrogens (tertiary/aromatic N) is 4. The summed E-state index contributed by atoms with van der Waals surface area (Å²) in [6, 6.07) is 8.87. The minimum Gasteiger partial charge on any atom is -0.354 e. The van der Waals surface area contributed by atoms with Crippen molar-refractivity contribution in [3.63, 3.8) is 0 Å². The first kappa shape index (κ1) is 18.0. The second-order valence-corrected chi connectivity index (χ2v) is 8.86. The molecule has 2 aromatic heterocycles. The van der Waals surface area contributed by atoms with Crippen molar-refractivity contribution in [2.24, 2.45) is 0 Å². The number of piperazine rings is 1. The Hall–Kier alpha value is -1.43. The summed E-state index contributed by atoms with van der Waals surface area (Å²) >= 11 is 2.01. The van der Waals surface area contributed by atoms with Gasteiger partial charge >= 0.3 is 0 Å². The van der Waals surface area contributed by atoms with Gasteiger partial charge in [0.1, 0.15) is 5.82 Å². The summed E-state index contributed by atoms with van der Waals surface area (Å²) in [5.74, 6) is 1.16. The third-order valence-corrected chi connectivity index (χ3v) is 6.63. The van der Waals surface area contributed by atoms with Crippen molar-refractivity contribution in [3.8, 4) is 0 Å². The molecule has 0 N–H and O–H groups in total. The maximum Gasteiger partial charge on any atom is 0.131 e. The van der Waals surface area contributed by atoms with E-state index < -0.39 is 0 Å². The van der Waals surface area contributed by atoms with Gasteiger partial charge in [-0.3, -0.25) is 9.80 Å². The summed E-state index contributed by atoms with van der Waals surface area (Å²) in [5, 5.41) is 0. The lowest BCUT2D eigenvalue weighted by molar-refractivity contribution is 0.222. The largest absolute Gasteiger partial charge is 0.354 e. The Labute approximate surface area is 161 Å². The van der Waals surface area contributed by atoms with Gasteiger partial charge in [-0.2, -0.15) is 0 Å². The van der Waals surface area contributed by atoms with Crippen LogP contribution in [-0.2, 0) is 13.1 Å². The van der Waals surface area contributed by atoms with Crippen molar-refractivity contribution < 1.29 is 0 Å². The van der Waals surface area contributed by atoms with Crippen LogP contribution in [0.5, 0.6) is 0 Å². The first-order valence-electron chi connectivity index (χ1n) is 9.97. The van der Waals surface area contributed by atoms with Gasteiger partial charge in [-0.25, -0.2) is 4.98 Å². The maximum atomic E-state index is 4.57. The molecule has 2 fully saturated rings. The van der Waals surface area contributed by atoms with Crippen molar-refractivity contribution in [2.75, 3.05) is 44.2 Å². The van der Waals surface area contributed by atoms with E-state index in [1.807, 2.05) is 23.6 Å². The first-order chi connectivity index (χ1) is 12.8. The van der Waals surface area contributed by atoms with E-state index in [0.717, 1.165) is 45.1 Å². The lowest BCUT2D eigenvalue weighted by Gasteiger charge is -2.35. The van der Waals surface area contributed by atoms with Crippen molar-refractivity contribution in [1.29, 1.82) is 0 Å². The van der Waals surface area contributed by atoms with Gasteiger partial charge in [0, 0.05) is 55.2 Å². The number of aromatic nitrogens is 1. The van der Waals surface area contributed by atoms with Crippen molar-refractivity contribution >= 4 is 17.2 Å². The smallest absolute Gasteiger partial charge is 0.131 e. The molecule has 0 aliphatic carbocycles. The standard InChI is InChI=1S/C21H30N4S/c1-18-6-5-9-22-21(18)25-14-12-24(13-15-25)17-20-8-7-19(26-20)16-23-10-3-2-4-11-23/h5-9H,2-4,10-17H2,1H3. The fourth-order valence-corrected chi connectivity index (χ4v) is 5.18. The molecule has 0 unspecified atom stereocenters. The highest BCUT2D eigenvalue weighted by molar-refractivity contribution is 7.11. The molecule has 4 nitrogen and oxygen atoms in total. The molecule has 0 bridgehead atoms. The van der Waals surface area contributed by atoms with Gasteiger partial charge in [0.2, 0.25) is 0 Å². The van der Waals surface area contributed by atoms with Gasteiger partial charge in [0.05, 0.1) is 0 Å². The molecule has 0 spiro atoms. The molecule has 5 heteroatoms. The van der Waals surface area contributed by atoms with Crippen LogP contribution in [0.3, 0.4) is 0 Å². The van der Waals surface area contributed by atoms with Crippen molar-refractivity contribution in [3.05, 3.63) is 45.8 Å². The third kappa shape index (κ3) is 4.45. The van der Waals surface area contributed by atoms with Gasteiger partial charge in [-0.15, -0.1) is 11.3 Å². The SMILES string of the molecule is Cc1cccnc1N1CCN(Cc2ccc(CN3CCCCC3)s2)CC1. The number of hydrogen-bond acceptors (Lipinski definition) is 5. The predicted molar refractivity (Wildman–Crippen MR) is 110 cm³/mol. The topological polar surface area (TPSA) is 22.6 Å². The van der Waals surface area contributed by atoms with E-state index in [2.05, 4.69) is 44.8 Å². The van der Waals surface area contributed by atoms with Gasteiger partial charge in [0.15, 0.2) is 0 Å². The second-order valence-electron chi connectivity index (χ2n) is 7.61. The van der Waals surface area contributed by atoms with Crippen LogP contribution in [0.25, 0.3) is 0 Å². The highest BCUT2D eigenvalue weighted by Gasteiger charge is 2.20. The highest BCUT2D eigenvalue weighted by atomic mass is 32.1. The van der Waals surface area contributed by atoms with Crippen LogP contribution in [-0.4, -0.2) is 54.1 Å². The minimum absolute atomic E-state index is 1.07. The molecule has 26 heavy (non-hydrogen) atoms. The lowest BCUT2D eigenvalue weighted by atomic mass is 10.1. The molecule has 0 radical (unpaired) electrons. The lowest BCUT2D eigenvalue weighted by Crippen LogP contribution is -2.46. The third-order valence-electron chi connectivity index (χ3n) is 5.58. The van der Waals surface area contributed by atoms with E-state index in [9.17, 15) is 0 Å². The molecule has 0 saturated carbocycles. The number of likely N-dealkylation sites (tertiary alicyclic amines) is 1. The Kier molecular flexibility index (Phi) is 5.88. The molecule has 0 atom stereocenters. The Morgan fingerprint density at radius 1 is 0.846 bits per heavy atom. The fourth-order valence-electron chi connectivity index (χ4n) is 4.08. The number of thiophene rings is 1. The molecule has 0 amide bonds. The zero-order chi connectivity index (χ0) is 17.8. The molecule has 140 valence electrons. The summed E-state index contributed by atoms with van der Waals surface area (Å²) in [6.07, 6.45) is 6.07. The fraction of sp³-hybridized carbons (Fsp3) is 0.571. The Bertz CT molecular complexity index is 700. The number of hydrogen-bond donors (Lipinski definition) is 0. The monoisotopic (exact) mass is 370 g/mol. The van der Waals surface area contributed by atoms with Gasteiger partial charge in [0.25, 0.3) is 0 Å². The van der Waals surface area contributed by atoms with Gasteiger partial charge < -0.3 is 4.90 Å². The molecule has 2 aliphatic rings. The van der Waals surface area contributed by atoms with E-state index in [1.54, 1.807) is 0 Å². The minimum atomic E-state index is 1.07. The van der Waals surface area contributed by atoms with E-state index >= 15 is 0 Å². The second kappa shape index (κ2) is 8.51. The van der Waals surface area contributed by atoms with Crippen molar-refractivity contribution in [1.82, 2.24) is 14.8 Å². The highest BCUT2D eigenvalue weighted by Crippen LogP contribution is 2.23. The van der Waals surface area contributed by atoms with Crippen molar-refractivity contribution in [2.45, 2.75) is 39.3 Å². The molecular formula is C21H30N4S. The maximum absolute atomic E-state index is 4.57. The van der Waals surface area contributed by atoms with Crippen LogP contribution >= 0.6 is 11.3 Å². The number of anilines is 1. The zero-order valence-corrected chi connectivity index (χ0v) is 16.7. The average Bonchev–Trinajstić information content (AvgIpc) is 3.10. The normalized spacial score (nSPS) is 19.8. The number of aryl methyl sites for hydroxylation is 1. The van der Waals surface area contributed by atoms with Gasteiger partial charge in [-0.1, -0.05) is 12.5 Å². The molecule has 2 saturated heterocycles. The summed E-state index contributed by atoms with van der Waals surface area (Å²) in [7, 11) is 0. The molecule has 2 aliphatic heterocycles. The van der Waals surface area contributed by atoms with Crippen LogP contribution in [0.1, 0.15) is 34.6 Å². The Morgan fingerprint density at radius 2 is 1.50 bits per heavy atom. The number of pyridine rings is 1. The summed E-state index contributed by atoms with van der Waals surface area (Å²) in [4.78, 5) is 15.3. The van der Waals surface area contributed by atoms with Gasteiger partial charge in [-0.05, 0) is 56.6 Å². The Morgan fingerprint density at radius 3 is 2.15 bits per heavy atom. The van der Waals surface area contributed by atoms with Crippen LogP contribution in [0.15, 0.2) is 30.5 Å². The average molecular weight is 371 g/mol. The molecule has 4 rings (SSSR count). The van der Waals surface area contributed by atoms with Crippen LogP contribution in [0, 0.1) is 6.92 Å². The van der Waals surface area contributed by atoms with E-state index in [-0.39, 0.29) is 0 Å². The molecule has 2 aromatic rings. The quantitative estimate of drug-likeness (QED) is 0.799. The molecule has 0 aromatic carbocycles. The molecule has 4 heterocycles. The van der Waals surface area contributed by atoms with Crippen LogP contribution < -0.4 is 4.90 Å².